The fourth-order valence-corrected chi connectivity index (χ4v) is 4.28. The summed E-state index contributed by atoms with van der Waals surface area (Å²) < 4.78 is 0. The molecule has 3 nitrogen and oxygen atoms in total. The Balaban J connectivity index is 1.75. The summed E-state index contributed by atoms with van der Waals surface area (Å²) in [7, 11) is 0. The van der Waals surface area contributed by atoms with Crippen LogP contribution in [0.4, 0.5) is 0 Å². The molecule has 1 aliphatic heterocycles. The van der Waals surface area contributed by atoms with Crippen LogP contribution in [0.1, 0.15) is 38.7 Å². The first-order valence-corrected chi connectivity index (χ1v) is 9.29. The van der Waals surface area contributed by atoms with E-state index < -0.39 is 0 Å². The van der Waals surface area contributed by atoms with Gasteiger partial charge in [-0.15, -0.1) is 0 Å². The molecule has 0 saturated carbocycles. The van der Waals surface area contributed by atoms with Crippen LogP contribution in [-0.2, 0) is 11.2 Å². The predicted octanol–water partition coefficient (Wildman–Crippen LogP) is 3.00. The highest BCUT2D eigenvalue weighted by atomic mass is 32.2. The minimum absolute atomic E-state index is 0.183. The van der Waals surface area contributed by atoms with Gasteiger partial charge in [-0.05, 0) is 36.6 Å². The van der Waals surface area contributed by atoms with E-state index in [9.17, 15) is 4.79 Å². The largest absolute Gasteiger partial charge is 0.356 e. The fourth-order valence-electron chi connectivity index (χ4n) is 2.91. The molecule has 1 amide bonds. The van der Waals surface area contributed by atoms with Gasteiger partial charge in [-0.1, -0.05) is 44.2 Å². The molecule has 2 unspecified atom stereocenters. The highest BCUT2D eigenvalue weighted by Crippen LogP contribution is 2.27. The van der Waals surface area contributed by atoms with Gasteiger partial charge in [-0.25, -0.2) is 0 Å². The number of benzene rings is 1. The SMILES string of the molecule is CC(C)SC(CC(=O)NCCc1ccccc1)C1CCCN1. The quantitative estimate of drug-likeness (QED) is 0.774. The first kappa shape index (κ1) is 17.4. The van der Waals surface area contributed by atoms with Gasteiger partial charge in [0, 0.05) is 24.3 Å². The van der Waals surface area contributed by atoms with E-state index in [0.717, 1.165) is 19.5 Å². The van der Waals surface area contributed by atoms with Crippen molar-refractivity contribution >= 4 is 17.7 Å². The first-order chi connectivity index (χ1) is 10.6. The number of thioether (sulfide) groups is 1. The molecule has 0 spiro atoms. The third-order valence-electron chi connectivity index (χ3n) is 3.96. The van der Waals surface area contributed by atoms with Crippen molar-refractivity contribution in [1.29, 1.82) is 0 Å². The van der Waals surface area contributed by atoms with Crippen molar-refractivity contribution in [3.8, 4) is 0 Å². The number of carbonyl (C=O) groups is 1. The van der Waals surface area contributed by atoms with Gasteiger partial charge >= 0.3 is 0 Å². The van der Waals surface area contributed by atoms with E-state index in [1.165, 1.54) is 18.4 Å². The zero-order chi connectivity index (χ0) is 15.8. The van der Waals surface area contributed by atoms with Crippen LogP contribution in [0.25, 0.3) is 0 Å². The van der Waals surface area contributed by atoms with E-state index in [1.807, 2.05) is 30.0 Å². The maximum atomic E-state index is 12.2. The van der Waals surface area contributed by atoms with Crippen molar-refractivity contribution in [2.45, 2.75) is 56.1 Å². The summed E-state index contributed by atoms with van der Waals surface area (Å²) in [6, 6.07) is 10.8. The summed E-state index contributed by atoms with van der Waals surface area (Å²) in [6.45, 7) is 6.23. The number of amides is 1. The van der Waals surface area contributed by atoms with Gasteiger partial charge < -0.3 is 10.6 Å². The number of hydrogen-bond donors (Lipinski definition) is 2. The molecule has 122 valence electrons. The van der Waals surface area contributed by atoms with E-state index >= 15 is 0 Å². The van der Waals surface area contributed by atoms with Crippen LogP contribution in [0.15, 0.2) is 30.3 Å². The second-order valence-electron chi connectivity index (χ2n) is 6.22. The minimum atomic E-state index is 0.183. The average molecular weight is 321 g/mol. The molecule has 2 atom stereocenters. The Labute approximate surface area is 138 Å². The van der Waals surface area contributed by atoms with Crippen molar-refractivity contribution < 1.29 is 4.79 Å². The van der Waals surface area contributed by atoms with Crippen molar-refractivity contribution in [3.63, 3.8) is 0 Å². The van der Waals surface area contributed by atoms with Crippen LogP contribution in [0.3, 0.4) is 0 Å². The Morgan fingerprint density at radius 1 is 1.36 bits per heavy atom. The lowest BCUT2D eigenvalue weighted by atomic mass is 10.1. The van der Waals surface area contributed by atoms with Gasteiger partial charge in [0.1, 0.15) is 0 Å². The molecule has 1 fully saturated rings. The van der Waals surface area contributed by atoms with Crippen LogP contribution in [0.5, 0.6) is 0 Å². The molecule has 22 heavy (non-hydrogen) atoms. The zero-order valence-electron chi connectivity index (χ0n) is 13.7. The molecular formula is C18H28N2OS. The standard InChI is InChI=1S/C18H28N2OS/c1-14(2)22-17(16-9-6-11-19-16)13-18(21)20-12-10-15-7-4-3-5-8-15/h3-5,7-8,14,16-17,19H,6,9-13H2,1-2H3,(H,20,21). The molecule has 4 heteroatoms. The van der Waals surface area contributed by atoms with Crippen molar-refractivity contribution in [2.75, 3.05) is 13.1 Å². The summed E-state index contributed by atoms with van der Waals surface area (Å²) in [4.78, 5) is 12.2. The smallest absolute Gasteiger partial charge is 0.221 e. The summed E-state index contributed by atoms with van der Waals surface area (Å²) in [6.07, 6.45) is 3.95. The topological polar surface area (TPSA) is 41.1 Å². The number of nitrogens with one attached hydrogen (secondary N) is 2. The highest BCUT2D eigenvalue weighted by Gasteiger charge is 2.27. The number of carbonyl (C=O) groups excluding carboxylic acids is 1. The third kappa shape index (κ3) is 6.01. The fraction of sp³-hybridized carbons (Fsp3) is 0.611. The van der Waals surface area contributed by atoms with Crippen LogP contribution in [0, 0.1) is 0 Å². The van der Waals surface area contributed by atoms with Crippen LogP contribution < -0.4 is 10.6 Å². The molecule has 0 radical (unpaired) electrons. The lowest BCUT2D eigenvalue weighted by molar-refractivity contribution is -0.121. The van der Waals surface area contributed by atoms with Crippen LogP contribution >= 0.6 is 11.8 Å². The normalized spacial score (nSPS) is 19.3. The van der Waals surface area contributed by atoms with Crippen molar-refractivity contribution in [1.82, 2.24) is 10.6 Å². The van der Waals surface area contributed by atoms with Gasteiger partial charge in [0.2, 0.25) is 5.91 Å². The predicted molar refractivity (Wildman–Crippen MR) is 95.3 cm³/mol. The summed E-state index contributed by atoms with van der Waals surface area (Å²) >= 11 is 1.93. The second kappa shape index (κ2) is 9.21. The molecule has 2 N–H and O–H groups in total. The van der Waals surface area contributed by atoms with Crippen LogP contribution in [0.2, 0.25) is 0 Å². The van der Waals surface area contributed by atoms with Gasteiger partial charge in [-0.2, -0.15) is 11.8 Å². The molecular weight excluding hydrogens is 292 g/mol. The Morgan fingerprint density at radius 3 is 2.77 bits per heavy atom. The Kier molecular flexibility index (Phi) is 7.26. The van der Waals surface area contributed by atoms with Crippen LogP contribution in [-0.4, -0.2) is 35.5 Å². The van der Waals surface area contributed by atoms with Crippen molar-refractivity contribution in [2.24, 2.45) is 0 Å². The van der Waals surface area contributed by atoms with E-state index in [4.69, 9.17) is 0 Å². The average Bonchev–Trinajstić information content (AvgIpc) is 3.01. The third-order valence-corrected chi connectivity index (χ3v) is 5.35. The molecule has 0 aliphatic carbocycles. The lowest BCUT2D eigenvalue weighted by Crippen LogP contribution is -2.38. The second-order valence-corrected chi connectivity index (χ2v) is 8.04. The van der Waals surface area contributed by atoms with E-state index in [1.54, 1.807) is 0 Å². The molecule has 0 aromatic heterocycles. The Hall–Kier alpha value is -1.00. The van der Waals surface area contributed by atoms with Gasteiger partial charge in [0.05, 0.1) is 0 Å². The molecule has 1 aromatic carbocycles. The van der Waals surface area contributed by atoms with E-state index in [2.05, 4.69) is 36.6 Å². The molecule has 2 rings (SSSR count). The molecule has 0 bridgehead atoms. The van der Waals surface area contributed by atoms with Gasteiger partial charge in [0.15, 0.2) is 0 Å². The maximum absolute atomic E-state index is 12.2. The summed E-state index contributed by atoms with van der Waals surface area (Å²) in [5.41, 5.74) is 1.27. The first-order valence-electron chi connectivity index (χ1n) is 8.34. The van der Waals surface area contributed by atoms with Crippen molar-refractivity contribution in [3.05, 3.63) is 35.9 Å². The lowest BCUT2D eigenvalue weighted by Gasteiger charge is -2.24. The van der Waals surface area contributed by atoms with E-state index in [0.29, 0.717) is 23.0 Å². The Bertz CT molecular complexity index is 444. The monoisotopic (exact) mass is 320 g/mol. The summed E-state index contributed by atoms with van der Waals surface area (Å²) in [5, 5.41) is 7.57. The van der Waals surface area contributed by atoms with E-state index in [-0.39, 0.29) is 5.91 Å². The Morgan fingerprint density at radius 2 is 2.14 bits per heavy atom. The summed E-state index contributed by atoms with van der Waals surface area (Å²) in [5.74, 6) is 0.183. The molecule has 1 aliphatic rings. The maximum Gasteiger partial charge on any atom is 0.221 e. The zero-order valence-corrected chi connectivity index (χ0v) is 14.5. The highest BCUT2D eigenvalue weighted by molar-refractivity contribution is 8.00. The molecule has 1 saturated heterocycles. The minimum Gasteiger partial charge on any atom is -0.356 e. The molecule has 1 aromatic rings. The number of hydrogen-bond acceptors (Lipinski definition) is 3. The van der Waals surface area contributed by atoms with Gasteiger partial charge in [0.25, 0.3) is 0 Å². The number of rotatable bonds is 8. The van der Waals surface area contributed by atoms with Gasteiger partial charge in [-0.3, -0.25) is 4.79 Å². The molecule has 1 heterocycles.